The molecule has 1 aliphatic heterocycles. The van der Waals surface area contributed by atoms with Crippen LogP contribution in [0.2, 0.25) is 0 Å². The minimum atomic E-state index is -1.69. The molecule has 5 N–H and O–H groups in total. The summed E-state index contributed by atoms with van der Waals surface area (Å²) in [6.07, 6.45) is -0.707. The minimum absolute atomic E-state index is 0.0150. The Morgan fingerprint density at radius 2 is 2.23 bits per heavy atom. The van der Waals surface area contributed by atoms with Gasteiger partial charge in [-0.05, 0) is 6.92 Å². The number of aliphatic hydroxyl groups excluding tert-OH is 2. The molecule has 0 amide bonds. The van der Waals surface area contributed by atoms with Gasteiger partial charge in [0.25, 0.3) is 0 Å². The average Bonchev–Trinajstić information content (AvgIpc) is 2.71. The van der Waals surface area contributed by atoms with Gasteiger partial charge in [0.1, 0.15) is 35.3 Å². The van der Waals surface area contributed by atoms with E-state index in [1.54, 1.807) is 0 Å². The molecule has 0 spiro atoms. The third-order valence-electron chi connectivity index (χ3n) is 3.92. The smallest absolute Gasteiger partial charge is 0.194 e. The molecule has 1 aliphatic rings. The number of nitrogen functional groups attached to an aromatic ring is 1. The van der Waals surface area contributed by atoms with E-state index in [0.717, 1.165) is 0 Å². The number of ether oxygens (including phenoxy) is 1. The lowest BCUT2D eigenvalue weighted by Crippen LogP contribution is -2.44. The number of aliphatic hydroxyl groups is 3. The molecule has 9 heteroatoms. The Morgan fingerprint density at radius 3 is 2.86 bits per heavy atom. The van der Waals surface area contributed by atoms with E-state index in [4.69, 9.17) is 10.5 Å². The first-order valence-electron chi connectivity index (χ1n) is 6.66. The zero-order valence-electron chi connectivity index (χ0n) is 11.7. The molecule has 1 fully saturated rings. The molecule has 3 heterocycles. The summed E-state index contributed by atoms with van der Waals surface area (Å²) < 4.78 is 6.92. The van der Waals surface area contributed by atoms with Crippen molar-refractivity contribution in [1.29, 1.82) is 0 Å². The van der Waals surface area contributed by atoms with E-state index < -0.39 is 30.6 Å². The van der Waals surface area contributed by atoms with Gasteiger partial charge in [-0.2, -0.15) is 0 Å². The molecular weight excluding hydrogens is 292 g/mol. The van der Waals surface area contributed by atoms with Crippen LogP contribution in [0.3, 0.4) is 0 Å². The number of fused-ring (bicyclic) bond motifs is 1. The Balaban J connectivity index is 2.22. The second-order valence-electron chi connectivity index (χ2n) is 5.42. The lowest BCUT2D eigenvalue weighted by molar-refractivity contribution is -0.0950. The van der Waals surface area contributed by atoms with E-state index in [0.29, 0.717) is 0 Å². The van der Waals surface area contributed by atoms with Crippen molar-refractivity contribution >= 4 is 16.9 Å². The van der Waals surface area contributed by atoms with Gasteiger partial charge in [0, 0.05) is 12.3 Å². The number of rotatable bonds is 2. The summed E-state index contributed by atoms with van der Waals surface area (Å²) in [7, 11) is 0. The first kappa shape index (κ1) is 14.9. The van der Waals surface area contributed by atoms with E-state index in [-0.39, 0.29) is 22.3 Å². The number of aromatic nitrogens is 3. The molecule has 0 radical (unpaired) electrons. The summed E-state index contributed by atoms with van der Waals surface area (Å²) >= 11 is 0. The van der Waals surface area contributed by atoms with E-state index in [1.165, 1.54) is 30.1 Å². The summed E-state index contributed by atoms with van der Waals surface area (Å²) in [4.78, 5) is 19.8. The number of pyridine rings is 1. The van der Waals surface area contributed by atoms with Gasteiger partial charge in [-0.15, -0.1) is 0 Å². The number of nitrogens with two attached hydrogens (primary N) is 1. The Labute approximate surface area is 124 Å². The number of anilines is 1. The van der Waals surface area contributed by atoms with Crippen molar-refractivity contribution in [1.82, 2.24) is 14.5 Å². The van der Waals surface area contributed by atoms with Crippen molar-refractivity contribution in [3.05, 3.63) is 28.8 Å². The van der Waals surface area contributed by atoms with Crippen LogP contribution in [-0.2, 0) is 4.74 Å². The van der Waals surface area contributed by atoms with Crippen LogP contribution in [0.25, 0.3) is 11.0 Å². The highest BCUT2D eigenvalue weighted by Crippen LogP contribution is 2.38. The van der Waals surface area contributed by atoms with Gasteiger partial charge in [0.2, 0.25) is 0 Å². The highest BCUT2D eigenvalue weighted by atomic mass is 16.6. The van der Waals surface area contributed by atoms with Crippen molar-refractivity contribution in [3.63, 3.8) is 0 Å². The van der Waals surface area contributed by atoms with E-state index in [2.05, 4.69) is 9.97 Å². The van der Waals surface area contributed by atoms with Crippen molar-refractivity contribution in [2.45, 2.75) is 31.0 Å². The Morgan fingerprint density at radius 1 is 1.50 bits per heavy atom. The molecule has 2 unspecified atom stereocenters. The van der Waals surface area contributed by atoms with E-state index in [1.807, 2.05) is 0 Å². The van der Waals surface area contributed by atoms with Crippen LogP contribution in [0.5, 0.6) is 0 Å². The number of hydrogen-bond acceptors (Lipinski definition) is 8. The topological polar surface area (TPSA) is 144 Å². The second-order valence-corrected chi connectivity index (χ2v) is 5.42. The zero-order chi connectivity index (χ0) is 16.1. The molecular formula is C13H16N4O5. The largest absolute Gasteiger partial charge is 0.394 e. The predicted molar refractivity (Wildman–Crippen MR) is 75.8 cm³/mol. The van der Waals surface area contributed by atoms with Crippen LogP contribution in [0, 0.1) is 0 Å². The first-order chi connectivity index (χ1) is 10.4. The van der Waals surface area contributed by atoms with Crippen molar-refractivity contribution < 1.29 is 20.1 Å². The standard InChI is InChI=1S/C13H16N4O5/c1-13(21)9(20)7(4-18)22-12(13)17-3-2-6(19)8-10(14)15-5-16-11(8)17/h2-3,5,7,9,12,18,20-21H,4H2,1H3,(H2,14,15,16)/t7?,9-,12?,13+/m1/s1. The van der Waals surface area contributed by atoms with Gasteiger partial charge in [-0.3, -0.25) is 4.79 Å². The van der Waals surface area contributed by atoms with Crippen LogP contribution in [0.15, 0.2) is 23.4 Å². The number of nitrogens with zero attached hydrogens (tertiary/aromatic N) is 3. The fourth-order valence-corrected chi connectivity index (χ4v) is 2.70. The molecule has 2 aromatic heterocycles. The monoisotopic (exact) mass is 308 g/mol. The summed E-state index contributed by atoms with van der Waals surface area (Å²) in [5, 5.41) is 29.9. The molecule has 4 atom stereocenters. The van der Waals surface area contributed by atoms with Gasteiger partial charge < -0.3 is 30.4 Å². The van der Waals surface area contributed by atoms with Crippen LogP contribution in [-0.4, -0.2) is 54.3 Å². The van der Waals surface area contributed by atoms with Crippen LogP contribution >= 0.6 is 0 Å². The maximum atomic E-state index is 11.9. The second kappa shape index (κ2) is 4.99. The Kier molecular flexibility index (Phi) is 3.37. The van der Waals surface area contributed by atoms with Crippen LogP contribution < -0.4 is 11.2 Å². The normalized spacial score (nSPS) is 31.7. The SMILES string of the molecule is C[C@@]1(O)C(n2ccc(=O)c3c(N)ncnc32)OC(CO)[C@H]1O. The summed E-state index contributed by atoms with van der Waals surface area (Å²) in [5.41, 5.74) is 3.85. The molecule has 22 heavy (non-hydrogen) atoms. The highest BCUT2D eigenvalue weighted by molar-refractivity contribution is 5.84. The zero-order valence-corrected chi connectivity index (χ0v) is 11.7. The average molecular weight is 308 g/mol. The fourth-order valence-electron chi connectivity index (χ4n) is 2.70. The molecule has 0 saturated carbocycles. The molecule has 3 rings (SSSR count). The summed E-state index contributed by atoms with van der Waals surface area (Å²) in [5.74, 6) is 0.0150. The molecule has 9 nitrogen and oxygen atoms in total. The summed E-state index contributed by atoms with van der Waals surface area (Å²) in [6, 6.07) is 1.25. The number of hydrogen-bond donors (Lipinski definition) is 4. The van der Waals surface area contributed by atoms with Gasteiger partial charge in [0.15, 0.2) is 17.3 Å². The third-order valence-corrected chi connectivity index (χ3v) is 3.92. The predicted octanol–water partition coefficient (Wildman–Crippen LogP) is -1.62. The van der Waals surface area contributed by atoms with Gasteiger partial charge in [-0.25, -0.2) is 9.97 Å². The van der Waals surface area contributed by atoms with Crippen molar-refractivity contribution in [3.8, 4) is 0 Å². The first-order valence-corrected chi connectivity index (χ1v) is 6.66. The maximum Gasteiger partial charge on any atom is 0.194 e. The molecule has 2 aromatic rings. The van der Waals surface area contributed by atoms with E-state index in [9.17, 15) is 20.1 Å². The molecule has 1 saturated heterocycles. The maximum absolute atomic E-state index is 11.9. The fraction of sp³-hybridized carbons (Fsp3) is 0.462. The lowest BCUT2D eigenvalue weighted by atomic mass is 9.96. The van der Waals surface area contributed by atoms with Crippen LogP contribution in [0.1, 0.15) is 13.2 Å². The summed E-state index contributed by atoms with van der Waals surface area (Å²) in [6.45, 7) is 0.926. The quantitative estimate of drug-likeness (QED) is 0.518. The van der Waals surface area contributed by atoms with Gasteiger partial charge in [0.05, 0.1) is 6.61 Å². The van der Waals surface area contributed by atoms with Crippen LogP contribution in [0.4, 0.5) is 5.82 Å². The van der Waals surface area contributed by atoms with Crippen molar-refractivity contribution in [2.75, 3.05) is 12.3 Å². The van der Waals surface area contributed by atoms with Crippen molar-refractivity contribution in [2.24, 2.45) is 0 Å². The third kappa shape index (κ3) is 1.98. The molecule has 0 aliphatic carbocycles. The lowest BCUT2D eigenvalue weighted by Gasteiger charge is -2.28. The van der Waals surface area contributed by atoms with Gasteiger partial charge >= 0.3 is 0 Å². The Hall–Kier alpha value is -2.07. The Bertz CT molecular complexity index is 775. The molecule has 0 bridgehead atoms. The van der Waals surface area contributed by atoms with E-state index >= 15 is 0 Å². The molecule has 0 aromatic carbocycles. The molecule has 118 valence electrons. The highest BCUT2D eigenvalue weighted by Gasteiger charge is 2.53. The minimum Gasteiger partial charge on any atom is -0.394 e. The van der Waals surface area contributed by atoms with Gasteiger partial charge in [-0.1, -0.05) is 0 Å².